The van der Waals surface area contributed by atoms with E-state index in [4.69, 9.17) is 4.74 Å². The van der Waals surface area contributed by atoms with Gasteiger partial charge in [-0.1, -0.05) is 26.7 Å². The SMILES string of the molecule is CCCC(C#N)(CCC)C(=O)N1CCCC1C(=O)OC. The fourth-order valence-corrected chi connectivity index (χ4v) is 3.02. The van der Waals surface area contributed by atoms with Gasteiger partial charge in [0.1, 0.15) is 11.5 Å². The number of carbonyl (C=O) groups excluding carboxylic acids is 2. The van der Waals surface area contributed by atoms with Crippen molar-refractivity contribution < 1.29 is 14.3 Å². The predicted molar refractivity (Wildman–Crippen MR) is 74.6 cm³/mol. The van der Waals surface area contributed by atoms with Crippen LogP contribution in [0.25, 0.3) is 0 Å². The Bertz CT molecular complexity index is 394. The monoisotopic (exact) mass is 280 g/mol. The fourth-order valence-electron chi connectivity index (χ4n) is 3.02. The molecule has 1 rings (SSSR count). The highest BCUT2D eigenvalue weighted by Crippen LogP contribution is 2.34. The second-order valence-corrected chi connectivity index (χ2v) is 5.37. The summed E-state index contributed by atoms with van der Waals surface area (Å²) < 4.78 is 4.77. The number of methoxy groups -OCH3 is 1. The van der Waals surface area contributed by atoms with E-state index in [0.717, 1.165) is 19.3 Å². The van der Waals surface area contributed by atoms with Crippen molar-refractivity contribution in [3.05, 3.63) is 0 Å². The molecule has 0 aromatic carbocycles. The van der Waals surface area contributed by atoms with Gasteiger partial charge in [0.25, 0.3) is 0 Å². The van der Waals surface area contributed by atoms with E-state index in [9.17, 15) is 14.9 Å². The molecule has 1 fully saturated rings. The Morgan fingerprint density at radius 3 is 2.40 bits per heavy atom. The number of rotatable bonds is 6. The Labute approximate surface area is 120 Å². The van der Waals surface area contributed by atoms with E-state index in [1.165, 1.54) is 7.11 Å². The molecule has 1 atom stereocenters. The first kappa shape index (κ1) is 16.5. The molecule has 0 bridgehead atoms. The largest absolute Gasteiger partial charge is 0.467 e. The van der Waals surface area contributed by atoms with Crippen molar-refractivity contribution in [1.82, 2.24) is 4.90 Å². The third-order valence-corrected chi connectivity index (χ3v) is 3.96. The van der Waals surface area contributed by atoms with Gasteiger partial charge in [-0.05, 0) is 25.7 Å². The quantitative estimate of drug-likeness (QED) is 0.700. The zero-order valence-electron chi connectivity index (χ0n) is 12.6. The average molecular weight is 280 g/mol. The van der Waals surface area contributed by atoms with Crippen LogP contribution in [0.4, 0.5) is 0 Å². The van der Waals surface area contributed by atoms with Crippen LogP contribution in [0.1, 0.15) is 52.4 Å². The molecule has 5 nitrogen and oxygen atoms in total. The second kappa shape index (κ2) is 7.28. The standard InChI is InChI=1S/C15H24N2O3/c1-4-8-15(11-16,9-5-2)14(19)17-10-6-7-12(17)13(18)20-3/h12H,4-10H2,1-3H3. The zero-order chi connectivity index (χ0) is 15.2. The first-order chi connectivity index (χ1) is 9.56. The highest BCUT2D eigenvalue weighted by molar-refractivity contribution is 5.90. The number of carbonyl (C=O) groups is 2. The van der Waals surface area contributed by atoms with E-state index in [1.807, 2.05) is 13.8 Å². The Morgan fingerprint density at radius 2 is 1.95 bits per heavy atom. The highest BCUT2D eigenvalue weighted by atomic mass is 16.5. The Balaban J connectivity index is 2.99. The van der Waals surface area contributed by atoms with E-state index in [1.54, 1.807) is 4.90 Å². The van der Waals surface area contributed by atoms with Gasteiger partial charge in [-0.25, -0.2) is 4.79 Å². The molecular formula is C15H24N2O3. The van der Waals surface area contributed by atoms with E-state index < -0.39 is 11.5 Å². The molecule has 0 N–H and O–H groups in total. The normalized spacial score (nSPS) is 18.7. The van der Waals surface area contributed by atoms with Crippen molar-refractivity contribution in [2.45, 2.75) is 58.4 Å². The number of hydrogen-bond donors (Lipinski definition) is 0. The van der Waals surface area contributed by atoms with Gasteiger partial charge < -0.3 is 9.64 Å². The van der Waals surface area contributed by atoms with Crippen LogP contribution >= 0.6 is 0 Å². The summed E-state index contributed by atoms with van der Waals surface area (Å²) in [4.78, 5) is 26.1. The maximum atomic E-state index is 12.8. The molecule has 1 heterocycles. The number of nitrogens with zero attached hydrogens (tertiary/aromatic N) is 2. The van der Waals surface area contributed by atoms with Gasteiger partial charge in [-0.15, -0.1) is 0 Å². The van der Waals surface area contributed by atoms with Crippen molar-refractivity contribution in [2.75, 3.05) is 13.7 Å². The van der Waals surface area contributed by atoms with Gasteiger partial charge in [0.2, 0.25) is 5.91 Å². The van der Waals surface area contributed by atoms with Crippen LogP contribution in [0.5, 0.6) is 0 Å². The molecule has 0 aliphatic carbocycles. The third-order valence-electron chi connectivity index (χ3n) is 3.96. The number of likely N-dealkylation sites (tertiary alicyclic amines) is 1. The van der Waals surface area contributed by atoms with E-state index >= 15 is 0 Å². The topological polar surface area (TPSA) is 70.4 Å². The first-order valence-electron chi connectivity index (χ1n) is 7.36. The minimum atomic E-state index is -0.986. The van der Waals surface area contributed by atoms with Crippen LogP contribution in [-0.4, -0.2) is 36.5 Å². The molecule has 0 radical (unpaired) electrons. The molecule has 112 valence electrons. The van der Waals surface area contributed by atoms with Crippen LogP contribution in [0.2, 0.25) is 0 Å². The second-order valence-electron chi connectivity index (χ2n) is 5.37. The molecule has 0 aromatic heterocycles. The van der Waals surface area contributed by atoms with Crippen LogP contribution in [-0.2, 0) is 14.3 Å². The Kier molecular flexibility index (Phi) is 6.00. The van der Waals surface area contributed by atoms with Crippen molar-refractivity contribution >= 4 is 11.9 Å². The average Bonchev–Trinajstić information content (AvgIpc) is 2.94. The van der Waals surface area contributed by atoms with Gasteiger partial charge >= 0.3 is 5.97 Å². The summed E-state index contributed by atoms with van der Waals surface area (Å²) in [5, 5.41) is 9.54. The van der Waals surface area contributed by atoms with Gasteiger partial charge in [-0.2, -0.15) is 5.26 Å². The smallest absolute Gasteiger partial charge is 0.328 e. The van der Waals surface area contributed by atoms with Gasteiger partial charge in [0.15, 0.2) is 0 Å². The summed E-state index contributed by atoms with van der Waals surface area (Å²) in [5.41, 5.74) is -0.986. The van der Waals surface area contributed by atoms with Crippen LogP contribution in [0.15, 0.2) is 0 Å². The van der Waals surface area contributed by atoms with Crippen LogP contribution < -0.4 is 0 Å². The minimum Gasteiger partial charge on any atom is -0.467 e. The summed E-state index contributed by atoms with van der Waals surface area (Å²) in [6.07, 6.45) is 4.04. The predicted octanol–water partition coefficient (Wildman–Crippen LogP) is 2.26. The number of esters is 1. The molecule has 1 aliphatic rings. The Hall–Kier alpha value is -1.57. The molecular weight excluding hydrogens is 256 g/mol. The van der Waals surface area contributed by atoms with Crippen molar-refractivity contribution in [2.24, 2.45) is 5.41 Å². The zero-order valence-corrected chi connectivity index (χ0v) is 12.6. The van der Waals surface area contributed by atoms with Crippen molar-refractivity contribution in [3.63, 3.8) is 0 Å². The lowest BCUT2D eigenvalue weighted by atomic mass is 9.79. The maximum absolute atomic E-state index is 12.8. The summed E-state index contributed by atoms with van der Waals surface area (Å²) in [7, 11) is 1.33. The lowest BCUT2D eigenvalue weighted by Crippen LogP contribution is -2.48. The van der Waals surface area contributed by atoms with Crippen LogP contribution in [0, 0.1) is 16.7 Å². The molecule has 1 unspecified atom stereocenters. The number of nitriles is 1. The highest BCUT2D eigenvalue weighted by Gasteiger charge is 2.45. The molecule has 1 aliphatic heterocycles. The van der Waals surface area contributed by atoms with E-state index in [-0.39, 0.29) is 11.9 Å². The van der Waals surface area contributed by atoms with E-state index in [0.29, 0.717) is 25.8 Å². The minimum absolute atomic E-state index is 0.198. The lowest BCUT2D eigenvalue weighted by Gasteiger charge is -2.32. The van der Waals surface area contributed by atoms with Crippen molar-refractivity contribution in [3.8, 4) is 6.07 Å². The molecule has 20 heavy (non-hydrogen) atoms. The van der Waals surface area contributed by atoms with Gasteiger partial charge in [0, 0.05) is 6.54 Å². The van der Waals surface area contributed by atoms with E-state index in [2.05, 4.69) is 6.07 Å². The summed E-state index contributed by atoms with van der Waals surface area (Å²) >= 11 is 0. The maximum Gasteiger partial charge on any atom is 0.328 e. The molecule has 5 heteroatoms. The number of amides is 1. The summed E-state index contributed by atoms with van der Waals surface area (Å²) in [5.74, 6) is -0.577. The fraction of sp³-hybridized carbons (Fsp3) is 0.800. The van der Waals surface area contributed by atoms with Gasteiger partial charge in [-0.3, -0.25) is 4.79 Å². The molecule has 0 saturated carbocycles. The lowest BCUT2D eigenvalue weighted by molar-refractivity contribution is -0.154. The number of hydrogen-bond acceptors (Lipinski definition) is 4. The number of ether oxygens (including phenoxy) is 1. The van der Waals surface area contributed by atoms with Crippen molar-refractivity contribution in [1.29, 1.82) is 5.26 Å². The Morgan fingerprint density at radius 1 is 1.35 bits per heavy atom. The van der Waals surface area contributed by atoms with Gasteiger partial charge in [0.05, 0.1) is 13.2 Å². The summed E-state index contributed by atoms with van der Waals surface area (Å²) in [6, 6.07) is 1.71. The molecule has 0 aromatic rings. The third kappa shape index (κ3) is 3.12. The molecule has 1 amide bonds. The molecule has 1 saturated heterocycles. The first-order valence-corrected chi connectivity index (χ1v) is 7.36. The molecule has 0 spiro atoms. The van der Waals surface area contributed by atoms with Crippen LogP contribution in [0.3, 0.4) is 0 Å². The summed E-state index contributed by atoms with van der Waals surface area (Å²) in [6.45, 7) is 4.48.